The van der Waals surface area contributed by atoms with Crippen molar-refractivity contribution in [2.75, 3.05) is 6.54 Å². The highest BCUT2D eigenvalue weighted by Crippen LogP contribution is 1.95. The first-order chi connectivity index (χ1) is 6.61. The molecule has 0 aromatic carbocycles. The Kier molecular flexibility index (Phi) is 3.64. The quantitative estimate of drug-likeness (QED) is 0.705. The van der Waals surface area contributed by atoms with Crippen LogP contribution in [0.3, 0.4) is 0 Å². The van der Waals surface area contributed by atoms with Crippen LogP contribution < -0.4 is 11.1 Å². The summed E-state index contributed by atoms with van der Waals surface area (Å²) in [7, 11) is 1.74. The van der Waals surface area contributed by atoms with E-state index in [4.69, 9.17) is 5.73 Å². The van der Waals surface area contributed by atoms with E-state index < -0.39 is 0 Å². The third kappa shape index (κ3) is 2.85. The summed E-state index contributed by atoms with van der Waals surface area (Å²) in [6.07, 6.45) is 2.38. The number of nitrogens with one attached hydrogen (secondary N) is 1. The van der Waals surface area contributed by atoms with Gasteiger partial charge in [0, 0.05) is 25.8 Å². The van der Waals surface area contributed by atoms with Gasteiger partial charge in [-0.3, -0.25) is 9.48 Å². The second-order valence-electron chi connectivity index (χ2n) is 3.36. The normalized spacial score (nSPS) is 12.5. The maximum Gasteiger partial charge on any atom is 0.269 e. The Morgan fingerprint density at radius 2 is 2.50 bits per heavy atom. The van der Waals surface area contributed by atoms with Gasteiger partial charge in [-0.1, -0.05) is 0 Å². The SMILES string of the molecule is CC(N)CCNC(=O)c1ccnn1C. The van der Waals surface area contributed by atoms with Gasteiger partial charge in [0.05, 0.1) is 0 Å². The lowest BCUT2D eigenvalue weighted by Gasteiger charge is -2.06. The topological polar surface area (TPSA) is 72.9 Å². The number of aromatic nitrogens is 2. The number of carbonyl (C=O) groups excluding carboxylic acids is 1. The number of rotatable bonds is 4. The Labute approximate surface area is 83.3 Å². The average Bonchev–Trinajstić information content (AvgIpc) is 2.50. The highest BCUT2D eigenvalue weighted by atomic mass is 16.2. The molecule has 0 aliphatic heterocycles. The number of nitrogens with two attached hydrogens (primary N) is 1. The van der Waals surface area contributed by atoms with Crippen LogP contribution in [0.2, 0.25) is 0 Å². The molecule has 0 aliphatic rings. The number of amides is 1. The summed E-state index contributed by atoms with van der Waals surface area (Å²) in [4.78, 5) is 11.5. The zero-order chi connectivity index (χ0) is 10.6. The molecular formula is C9H16N4O. The number of hydrogen-bond donors (Lipinski definition) is 2. The van der Waals surface area contributed by atoms with E-state index in [1.165, 1.54) is 0 Å². The summed E-state index contributed by atoms with van der Waals surface area (Å²) in [6.45, 7) is 2.51. The maximum absolute atomic E-state index is 11.5. The highest BCUT2D eigenvalue weighted by molar-refractivity contribution is 5.92. The average molecular weight is 196 g/mol. The minimum Gasteiger partial charge on any atom is -0.351 e. The second-order valence-corrected chi connectivity index (χ2v) is 3.36. The molecule has 14 heavy (non-hydrogen) atoms. The lowest BCUT2D eigenvalue weighted by molar-refractivity contribution is 0.0943. The monoisotopic (exact) mass is 196 g/mol. The minimum atomic E-state index is -0.106. The van der Waals surface area contributed by atoms with E-state index in [1.54, 1.807) is 24.0 Å². The van der Waals surface area contributed by atoms with E-state index in [9.17, 15) is 4.79 Å². The zero-order valence-electron chi connectivity index (χ0n) is 8.53. The summed E-state index contributed by atoms with van der Waals surface area (Å²) in [5.74, 6) is -0.106. The van der Waals surface area contributed by atoms with E-state index in [-0.39, 0.29) is 11.9 Å². The van der Waals surface area contributed by atoms with Gasteiger partial charge in [0.25, 0.3) is 5.91 Å². The molecule has 1 rings (SSSR count). The van der Waals surface area contributed by atoms with Crippen LogP contribution in [-0.2, 0) is 7.05 Å². The maximum atomic E-state index is 11.5. The summed E-state index contributed by atoms with van der Waals surface area (Å²) < 4.78 is 1.54. The Morgan fingerprint density at radius 3 is 3.00 bits per heavy atom. The first-order valence-electron chi connectivity index (χ1n) is 4.63. The molecule has 0 saturated carbocycles. The molecule has 5 nitrogen and oxygen atoms in total. The minimum absolute atomic E-state index is 0.106. The van der Waals surface area contributed by atoms with E-state index in [1.807, 2.05) is 6.92 Å². The molecule has 1 heterocycles. The van der Waals surface area contributed by atoms with Crippen molar-refractivity contribution < 1.29 is 4.79 Å². The lowest BCUT2D eigenvalue weighted by atomic mass is 10.2. The number of aryl methyl sites for hydroxylation is 1. The van der Waals surface area contributed by atoms with Crippen LogP contribution in [0.4, 0.5) is 0 Å². The summed E-state index contributed by atoms with van der Waals surface area (Å²) in [5.41, 5.74) is 6.12. The van der Waals surface area contributed by atoms with Crippen LogP contribution >= 0.6 is 0 Å². The van der Waals surface area contributed by atoms with E-state index in [0.29, 0.717) is 12.2 Å². The summed E-state index contributed by atoms with van der Waals surface area (Å²) >= 11 is 0. The fourth-order valence-corrected chi connectivity index (χ4v) is 1.10. The molecule has 0 radical (unpaired) electrons. The highest BCUT2D eigenvalue weighted by Gasteiger charge is 2.08. The summed E-state index contributed by atoms with van der Waals surface area (Å²) in [6, 6.07) is 1.79. The largest absolute Gasteiger partial charge is 0.351 e. The predicted octanol–water partition coefficient (Wildman–Crippen LogP) is -0.113. The fourth-order valence-electron chi connectivity index (χ4n) is 1.10. The van der Waals surface area contributed by atoms with Gasteiger partial charge in [-0.25, -0.2) is 0 Å². The van der Waals surface area contributed by atoms with Gasteiger partial charge in [0.1, 0.15) is 5.69 Å². The Morgan fingerprint density at radius 1 is 1.79 bits per heavy atom. The van der Waals surface area contributed by atoms with Crippen molar-refractivity contribution in [3.05, 3.63) is 18.0 Å². The van der Waals surface area contributed by atoms with Gasteiger partial charge in [0.15, 0.2) is 0 Å². The molecule has 0 saturated heterocycles. The molecular weight excluding hydrogens is 180 g/mol. The third-order valence-electron chi connectivity index (χ3n) is 1.94. The molecule has 5 heteroatoms. The first kappa shape index (κ1) is 10.7. The van der Waals surface area contributed by atoms with Gasteiger partial charge in [-0.05, 0) is 19.4 Å². The van der Waals surface area contributed by atoms with Crippen LogP contribution in [-0.4, -0.2) is 28.3 Å². The molecule has 3 N–H and O–H groups in total. The molecule has 0 spiro atoms. The van der Waals surface area contributed by atoms with Gasteiger partial charge < -0.3 is 11.1 Å². The molecule has 0 bridgehead atoms. The van der Waals surface area contributed by atoms with Crippen molar-refractivity contribution in [1.82, 2.24) is 15.1 Å². The number of nitrogens with zero attached hydrogens (tertiary/aromatic N) is 2. The second kappa shape index (κ2) is 4.76. The van der Waals surface area contributed by atoms with Crippen LogP contribution in [0, 0.1) is 0 Å². The first-order valence-corrected chi connectivity index (χ1v) is 4.63. The van der Waals surface area contributed by atoms with Crippen molar-refractivity contribution in [2.24, 2.45) is 12.8 Å². The molecule has 1 amide bonds. The van der Waals surface area contributed by atoms with Crippen molar-refractivity contribution in [3.8, 4) is 0 Å². The van der Waals surface area contributed by atoms with Gasteiger partial charge in [-0.2, -0.15) is 5.10 Å². The summed E-state index contributed by atoms with van der Waals surface area (Å²) in [5, 5.41) is 6.69. The fraction of sp³-hybridized carbons (Fsp3) is 0.556. The molecule has 0 fully saturated rings. The van der Waals surface area contributed by atoms with Gasteiger partial charge in [-0.15, -0.1) is 0 Å². The van der Waals surface area contributed by atoms with Crippen LogP contribution in [0.1, 0.15) is 23.8 Å². The molecule has 78 valence electrons. The van der Waals surface area contributed by atoms with Crippen molar-refractivity contribution in [1.29, 1.82) is 0 Å². The predicted molar refractivity (Wildman–Crippen MR) is 53.8 cm³/mol. The molecule has 0 aliphatic carbocycles. The molecule has 1 unspecified atom stereocenters. The van der Waals surface area contributed by atoms with Crippen molar-refractivity contribution >= 4 is 5.91 Å². The van der Waals surface area contributed by atoms with E-state index in [2.05, 4.69) is 10.4 Å². The zero-order valence-corrected chi connectivity index (χ0v) is 8.53. The Bertz CT molecular complexity index is 306. The van der Waals surface area contributed by atoms with Crippen LogP contribution in [0.25, 0.3) is 0 Å². The Balaban J connectivity index is 2.40. The standard InChI is InChI=1S/C9H16N4O/c1-7(10)3-5-11-9(14)8-4-6-12-13(8)2/h4,6-7H,3,5,10H2,1-2H3,(H,11,14). The van der Waals surface area contributed by atoms with E-state index >= 15 is 0 Å². The smallest absolute Gasteiger partial charge is 0.269 e. The molecule has 1 aromatic heterocycles. The lowest BCUT2D eigenvalue weighted by Crippen LogP contribution is -2.30. The number of hydrogen-bond acceptors (Lipinski definition) is 3. The van der Waals surface area contributed by atoms with Crippen LogP contribution in [0.15, 0.2) is 12.3 Å². The van der Waals surface area contributed by atoms with Crippen LogP contribution in [0.5, 0.6) is 0 Å². The molecule has 1 aromatic rings. The number of carbonyl (C=O) groups is 1. The molecule has 1 atom stereocenters. The van der Waals surface area contributed by atoms with Gasteiger partial charge >= 0.3 is 0 Å². The third-order valence-corrected chi connectivity index (χ3v) is 1.94. The Hall–Kier alpha value is -1.36. The van der Waals surface area contributed by atoms with Crippen molar-refractivity contribution in [2.45, 2.75) is 19.4 Å². The van der Waals surface area contributed by atoms with E-state index in [0.717, 1.165) is 6.42 Å². The van der Waals surface area contributed by atoms with Gasteiger partial charge in [0.2, 0.25) is 0 Å². The van der Waals surface area contributed by atoms with Crippen molar-refractivity contribution in [3.63, 3.8) is 0 Å².